The van der Waals surface area contributed by atoms with Crippen LogP contribution < -0.4 is 5.73 Å². The van der Waals surface area contributed by atoms with E-state index in [2.05, 4.69) is 24.9 Å². The topological polar surface area (TPSA) is 113 Å². The standard InChI is InChI=1S/C17H17ClN6O2S/c18-11-3-1-2-10(8-11)16-20-15(26-23-16)9-27-17-22-21-14(7-6-13(19)25)24(17)12-4-5-12/h1-3,8,12H,4-7,9H2,(H2,19,25). The van der Waals surface area contributed by atoms with E-state index in [1.807, 2.05) is 12.1 Å². The molecule has 2 heterocycles. The Morgan fingerprint density at radius 3 is 2.96 bits per heavy atom. The average molecular weight is 405 g/mol. The van der Waals surface area contributed by atoms with Crippen molar-refractivity contribution in [1.82, 2.24) is 24.9 Å². The molecule has 27 heavy (non-hydrogen) atoms. The van der Waals surface area contributed by atoms with Gasteiger partial charge in [-0.2, -0.15) is 4.98 Å². The van der Waals surface area contributed by atoms with Crippen molar-refractivity contribution in [3.05, 3.63) is 41.0 Å². The highest BCUT2D eigenvalue weighted by Crippen LogP contribution is 2.39. The van der Waals surface area contributed by atoms with Gasteiger partial charge >= 0.3 is 0 Å². The molecular formula is C17H17ClN6O2S. The van der Waals surface area contributed by atoms with Crippen molar-refractivity contribution in [2.24, 2.45) is 5.73 Å². The summed E-state index contributed by atoms with van der Waals surface area (Å²) in [4.78, 5) is 15.5. The Kier molecular flexibility index (Phi) is 5.13. The van der Waals surface area contributed by atoms with Crippen LogP contribution in [0.25, 0.3) is 11.4 Å². The lowest BCUT2D eigenvalue weighted by Crippen LogP contribution is -2.13. The van der Waals surface area contributed by atoms with E-state index in [-0.39, 0.29) is 12.3 Å². The Morgan fingerprint density at radius 2 is 2.22 bits per heavy atom. The van der Waals surface area contributed by atoms with Gasteiger partial charge in [-0.25, -0.2) is 0 Å². The van der Waals surface area contributed by atoms with Gasteiger partial charge in [0.2, 0.25) is 17.6 Å². The summed E-state index contributed by atoms with van der Waals surface area (Å²) in [6, 6.07) is 7.70. The molecule has 3 aromatic rings. The number of aromatic nitrogens is 5. The van der Waals surface area contributed by atoms with Crippen molar-refractivity contribution < 1.29 is 9.32 Å². The van der Waals surface area contributed by atoms with Gasteiger partial charge in [0.15, 0.2) is 5.16 Å². The van der Waals surface area contributed by atoms with Gasteiger partial charge in [0.1, 0.15) is 5.82 Å². The van der Waals surface area contributed by atoms with E-state index in [9.17, 15) is 4.79 Å². The van der Waals surface area contributed by atoms with Crippen LogP contribution in [0.15, 0.2) is 33.9 Å². The molecule has 1 aromatic carbocycles. The van der Waals surface area contributed by atoms with Gasteiger partial charge in [-0.3, -0.25) is 4.79 Å². The number of carbonyl (C=O) groups is 1. The zero-order chi connectivity index (χ0) is 18.8. The van der Waals surface area contributed by atoms with E-state index in [0.717, 1.165) is 29.4 Å². The fraction of sp³-hybridized carbons (Fsp3) is 0.353. The van der Waals surface area contributed by atoms with Crippen molar-refractivity contribution in [3.63, 3.8) is 0 Å². The number of nitrogens with two attached hydrogens (primary N) is 1. The number of hydrogen-bond acceptors (Lipinski definition) is 7. The van der Waals surface area contributed by atoms with Crippen molar-refractivity contribution in [3.8, 4) is 11.4 Å². The lowest BCUT2D eigenvalue weighted by Gasteiger charge is -2.07. The first-order valence-corrected chi connectivity index (χ1v) is 9.90. The first kappa shape index (κ1) is 18.0. The number of thioether (sulfide) groups is 1. The Hall–Kier alpha value is -2.39. The quantitative estimate of drug-likeness (QED) is 0.574. The third-order valence-electron chi connectivity index (χ3n) is 4.12. The van der Waals surface area contributed by atoms with Crippen molar-refractivity contribution in [1.29, 1.82) is 0 Å². The highest BCUT2D eigenvalue weighted by Gasteiger charge is 2.29. The molecular weight excluding hydrogens is 388 g/mol. The van der Waals surface area contributed by atoms with Gasteiger partial charge in [0, 0.05) is 29.5 Å². The summed E-state index contributed by atoms with van der Waals surface area (Å²) in [5.41, 5.74) is 6.05. The second-order valence-electron chi connectivity index (χ2n) is 6.28. The van der Waals surface area contributed by atoms with Crippen LogP contribution in [0.3, 0.4) is 0 Å². The van der Waals surface area contributed by atoms with Crippen LogP contribution >= 0.6 is 23.4 Å². The van der Waals surface area contributed by atoms with Crippen LogP contribution in [0.4, 0.5) is 0 Å². The number of rotatable bonds is 8. The maximum atomic E-state index is 11.1. The lowest BCUT2D eigenvalue weighted by molar-refractivity contribution is -0.118. The van der Waals surface area contributed by atoms with E-state index < -0.39 is 0 Å². The summed E-state index contributed by atoms with van der Waals surface area (Å²) in [6.45, 7) is 0. The molecule has 140 valence electrons. The Morgan fingerprint density at radius 1 is 1.37 bits per heavy atom. The van der Waals surface area contributed by atoms with Gasteiger partial charge in [0.25, 0.3) is 0 Å². The van der Waals surface area contributed by atoms with Gasteiger partial charge in [-0.1, -0.05) is 40.7 Å². The molecule has 1 fully saturated rings. The predicted molar refractivity (Wildman–Crippen MR) is 100 cm³/mol. The minimum Gasteiger partial charge on any atom is -0.370 e. The molecule has 1 amide bonds. The van der Waals surface area contributed by atoms with Gasteiger partial charge in [0.05, 0.1) is 5.75 Å². The van der Waals surface area contributed by atoms with Gasteiger partial charge in [-0.05, 0) is 25.0 Å². The number of benzene rings is 1. The molecule has 1 saturated carbocycles. The zero-order valence-electron chi connectivity index (χ0n) is 14.3. The molecule has 0 aliphatic heterocycles. The average Bonchev–Trinajstić information content (AvgIpc) is 3.22. The molecule has 1 aliphatic carbocycles. The molecule has 0 unspecified atom stereocenters. The fourth-order valence-electron chi connectivity index (χ4n) is 2.70. The normalized spacial score (nSPS) is 13.8. The fourth-order valence-corrected chi connectivity index (χ4v) is 3.75. The molecule has 2 aromatic heterocycles. The molecule has 0 atom stereocenters. The number of amides is 1. The highest BCUT2D eigenvalue weighted by molar-refractivity contribution is 7.98. The first-order chi connectivity index (χ1) is 13.1. The van der Waals surface area contributed by atoms with Gasteiger partial charge in [-0.15, -0.1) is 10.2 Å². The number of hydrogen-bond donors (Lipinski definition) is 1. The van der Waals surface area contributed by atoms with Crippen LogP contribution in [0.1, 0.15) is 37.0 Å². The molecule has 4 rings (SSSR count). The first-order valence-electron chi connectivity index (χ1n) is 8.53. The summed E-state index contributed by atoms with van der Waals surface area (Å²) >= 11 is 7.49. The smallest absolute Gasteiger partial charge is 0.237 e. The minimum absolute atomic E-state index is 0.266. The van der Waals surface area contributed by atoms with E-state index in [0.29, 0.717) is 35.0 Å². The van der Waals surface area contributed by atoms with E-state index >= 15 is 0 Å². The van der Waals surface area contributed by atoms with Crippen molar-refractivity contribution >= 4 is 29.3 Å². The zero-order valence-corrected chi connectivity index (χ0v) is 15.9. The maximum absolute atomic E-state index is 11.1. The summed E-state index contributed by atoms with van der Waals surface area (Å²) in [5, 5.41) is 13.9. The Labute approximate surface area is 164 Å². The Balaban J connectivity index is 1.45. The number of aryl methyl sites for hydroxylation is 1. The van der Waals surface area contributed by atoms with E-state index in [1.54, 1.807) is 12.1 Å². The molecule has 10 heteroatoms. The summed E-state index contributed by atoms with van der Waals surface area (Å²) in [6.07, 6.45) is 2.95. The summed E-state index contributed by atoms with van der Waals surface area (Å²) in [5.74, 6) is 1.93. The minimum atomic E-state index is -0.339. The molecule has 0 bridgehead atoms. The SMILES string of the molecule is NC(=O)CCc1nnc(SCc2nc(-c3cccc(Cl)c3)no2)n1C1CC1. The number of halogens is 1. The molecule has 2 N–H and O–H groups in total. The second kappa shape index (κ2) is 7.69. The number of carbonyl (C=O) groups excluding carboxylic acids is 1. The number of primary amides is 1. The van der Waals surface area contributed by atoms with Crippen LogP contribution in [0.2, 0.25) is 5.02 Å². The lowest BCUT2D eigenvalue weighted by atomic mass is 10.2. The molecule has 1 aliphatic rings. The number of nitrogens with zero attached hydrogens (tertiary/aromatic N) is 5. The van der Waals surface area contributed by atoms with Crippen molar-refractivity contribution in [2.75, 3.05) is 0 Å². The molecule has 0 radical (unpaired) electrons. The Bertz CT molecular complexity index is 968. The third-order valence-corrected chi connectivity index (χ3v) is 5.28. The summed E-state index contributed by atoms with van der Waals surface area (Å²) in [7, 11) is 0. The molecule has 0 saturated heterocycles. The third kappa shape index (κ3) is 4.30. The summed E-state index contributed by atoms with van der Waals surface area (Å²) < 4.78 is 7.44. The van der Waals surface area contributed by atoms with Crippen LogP contribution in [0, 0.1) is 0 Å². The predicted octanol–water partition coefficient (Wildman–Crippen LogP) is 3.03. The molecule has 8 nitrogen and oxygen atoms in total. The van der Waals surface area contributed by atoms with Crippen LogP contribution in [0.5, 0.6) is 0 Å². The largest absolute Gasteiger partial charge is 0.370 e. The molecule has 0 spiro atoms. The monoisotopic (exact) mass is 404 g/mol. The second-order valence-corrected chi connectivity index (χ2v) is 7.66. The van der Waals surface area contributed by atoms with Crippen LogP contribution in [-0.4, -0.2) is 30.8 Å². The van der Waals surface area contributed by atoms with E-state index in [4.69, 9.17) is 21.9 Å². The van der Waals surface area contributed by atoms with Crippen molar-refractivity contribution in [2.45, 2.75) is 42.6 Å². The van der Waals surface area contributed by atoms with E-state index in [1.165, 1.54) is 11.8 Å². The van der Waals surface area contributed by atoms with Gasteiger partial charge < -0.3 is 14.8 Å². The van der Waals surface area contributed by atoms with Crippen LogP contribution in [-0.2, 0) is 17.0 Å². The maximum Gasteiger partial charge on any atom is 0.237 e. The highest BCUT2D eigenvalue weighted by atomic mass is 35.5.